The molecule has 0 aliphatic rings. The Balaban J connectivity index is 2.95. The predicted octanol–water partition coefficient (Wildman–Crippen LogP) is 0.718. The smallest absolute Gasteiger partial charge is 0.270 e. The third kappa shape index (κ3) is 3.69. The first-order valence-corrected chi connectivity index (χ1v) is 5.63. The van der Waals surface area contributed by atoms with E-state index in [9.17, 15) is 15.0 Å². The Hall–Kier alpha value is -1.63. The Kier molecular flexibility index (Phi) is 5.57. The van der Waals surface area contributed by atoms with Crippen LogP contribution in [0.1, 0.15) is 11.7 Å². The molecule has 0 radical (unpaired) electrons. The molecule has 0 saturated heterocycles. The number of nitrogens with one attached hydrogen (secondary N) is 1. The van der Waals surface area contributed by atoms with Crippen LogP contribution in [0.15, 0.2) is 29.4 Å². The van der Waals surface area contributed by atoms with Gasteiger partial charge in [-0.05, 0) is 6.07 Å². The number of anilines is 1. The molecule has 0 bridgehead atoms. The number of hydrogen-bond donors (Lipinski definition) is 4. The summed E-state index contributed by atoms with van der Waals surface area (Å²) in [4.78, 5) is 11.2. The molecule has 0 saturated carbocycles. The molecule has 1 amide bonds. The lowest BCUT2D eigenvalue weighted by Gasteiger charge is -2.18. The quantitative estimate of drug-likeness (QED) is 0.274. The molecule has 1 rings (SSSR count). The molecule has 2 unspecified atom stereocenters. The van der Waals surface area contributed by atoms with E-state index < -0.39 is 18.1 Å². The van der Waals surface area contributed by atoms with E-state index >= 15 is 0 Å². The highest BCUT2D eigenvalue weighted by Gasteiger charge is 2.20. The highest BCUT2D eigenvalue weighted by atomic mass is 35.5. The maximum atomic E-state index is 11.2. The number of amides is 1. The number of carbonyl (C=O) groups excluding carboxylic acids is 1. The number of nitrogens with zero attached hydrogens (tertiary/aromatic N) is 1. The maximum Gasteiger partial charge on any atom is 0.270 e. The zero-order valence-electron chi connectivity index (χ0n) is 9.32. The number of carbonyl (C=O) groups is 1. The number of alkyl halides is 1. The minimum absolute atomic E-state index is 0.137. The summed E-state index contributed by atoms with van der Waals surface area (Å²) in [5, 5.41) is 32.5. The van der Waals surface area contributed by atoms with Gasteiger partial charge in [0.2, 0.25) is 0 Å². The van der Waals surface area contributed by atoms with Gasteiger partial charge in [0.25, 0.3) is 5.91 Å². The largest absolute Gasteiger partial charge is 0.411 e. The van der Waals surface area contributed by atoms with E-state index in [1.165, 1.54) is 0 Å². The predicted molar refractivity (Wildman–Crippen MR) is 67.0 cm³/mol. The number of para-hydroxylation sites is 1. The fourth-order valence-electron chi connectivity index (χ4n) is 1.38. The van der Waals surface area contributed by atoms with Gasteiger partial charge in [0.05, 0.1) is 12.0 Å². The number of aliphatic hydroxyl groups excluding tert-OH is 2. The number of hydrogen-bond acceptors (Lipinski definition) is 5. The molecule has 98 valence electrons. The van der Waals surface area contributed by atoms with Gasteiger partial charge in [-0.25, -0.2) is 0 Å². The van der Waals surface area contributed by atoms with Crippen LogP contribution >= 0.6 is 11.6 Å². The Morgan fingerprint density at radius 1 is 1.44 bits per heavy atom. The van der Waals surface area contributed by atoms with E-state index in [1.54, 1.807) is 24.3 Å². The van der Waals surface area contributed by atoms with Crippen molar-refractivity contribution in [1.82, 2.24) is 0 Å². The molecule has 2 atom stereocenters. The van der Waals surface area contributed by atoms with E-state index in [-0.39, 0.29) is 5.88 Å². The fraction of sp³-hybridized carbons (Fsp3) is 0.273. The number of halogens is 1. The molecule has 4 N–H and O–H groups in total. The van der Waals surface area contributed by atoms with E-state index in [2.05, 4.69) is 10.5 Å². The average molecular weight is 273 g/mol. The molecule has 6 nitrogen and oxygen atoms in total. The summed E-state index contributed by atoms with van der Waals surface area (Å²) in [7, 11) is 0. The zero-order valence-corrected chi connectivity index (χ0v) is 10.1. The fourth-order valence-corrected chi connectivity index (χ4v) is 1.55. The van der Waals surface area contributed by atoms with Crippen molar-refractivity contribution in [2.75, 3.05) is 11.2 Å². The molecule has 0 heterocycles. The Morgan fingerprint density at radius 2 is 2.11 bits per heavy atom. The zero-order chi connectivity index (χ0) is 13.5. The first-order valence-electron chi connectivity index (χ1n) is 5.09. The van der Waals surface area contributed by atoms with Gasteiger partial charge in [0.15, 0.2) is 0 Å². The highest BCUT2D eigenvalue weighted by Crippen LogP contribution is 2.25. The normalized spacial score (nSPS) is 14.4. The van der Waals surface area contributed by atoms with E-state index in [0.29, 0.717) is 17.5 Å². The molecule has 1 aromatic carbocycles. The molecule has 0 aliphatic carbocycles. The van der Waals surface area contributed by atoms with Gasteiger partial charge >= 0.3 is 0 Å². The maximum absolute atomic E-state index is 11.2. The molecule has 1 aromatic rings. The van der Waals surface area contributed by atoms with Crippen molar-refractivity contribution in [1.29, 1.82) is 0 Å². The van der Waals surface area contributed by atoms with Crippen LogP contribution in [0.2, 0.25) is 0 Å². The van der Waals surface area contributed by atoms with Crippen LogP contribution in [0.3, 0.4) is 0 Å². The van der Waals surface area contributed by atoms with Crippen molar-refractivity contribution in [3.63, 3.8) is 0 Å². The van der Waals surface area contributed by atoms with Crippen molar-refractivity contribution in [3.05, 3.63) is 29.8 Å². The third-order valence-corrected chi connectivity index (χ3v) is 2.55. The van der Waals surface area contributed by atoms with Gasteiger partial charge in [-0.3, -0.25) is 4.79 Å². The Labute approximate surface area is 109 Å². The third-order valence-electron chi connectivity index (χ3n) is 2.23. The van der Waals surface area contributed by atoms with Crippen molar-refractivity contribution in [2.24, 2.45) is 5.16 Å². The minimum atomic E-state index is -1.22. The monoisotopic (exact) mass is 272 g/mol. The lowest BCUT2D eigenvalue weighted by Crippen LogP contribution is -2.22. The number of aliphatic hydroxyl groups is 2. The lowest BCUT2D eigenvalue weighted by atomic mass is 10.0. The number of oxime groups is 1. The van der Waals surface area contributed by atoms with Crippen LogP contribution in [-0.4, -0.2) is 39.5 Å². The van der Waals surface area contributed by atoms with Crippen molar-refractivity contribution >= 4 is 29.4 Å². The first kappa shape index (κ1) is 14.4. The molecular weight excluding hydrogens is 260 g/mol. The van der Waals surface area contributed by atoms with Crippen LogP contribution in [0.25, 0.3) is 0 Å². The van der Waals surface area contributed by atoms with Gasteiger partial charge < -0.3 is 20.7 Å². The molecule has 0 fully saturated rings. The van der Waals surface area contributed by atoms with Gasteiger partial charge in [-0.15, -0.1) is 11.6 Å². The summed E-state index contributed by atoms with van der Waals surface area (Å²) in [5.41, 5.74) is 0.629. The summed E-state index contributed by atoms with van der Waals surface area (Å²) >= 11 is 5.45. The second-order valence-corrected chi connectivity index (χ2v) is 3.80. The first-order chi connectivity index (χ1) is 8.60. The van der Waals surface area contributed by atoms with Crippen LogP contribution < -0.4 is 5.32 Å². The standard InChI is InChI=1S/C11H13ClN2O4/c12-5-9(15)11(17)7-3-1-2-4-8(7)14-10(16)6-13-18/h1-4,6,9,11,15,17-18H,5H2,(H,14,16). The lowest BCUT2D eigenvalue weighted by molar-refractivity contribution is -0.110. The van der Waals surface area contributed by atoms with Crippen molar-refractivity contribution in [3.8, 4) is 0 Å². The van der Waals surface area contributed by atoms with E-state index in [4.69, 9.17) is 16.8 Å². The molecule has 0 aliphatic heterocycles. The molecule has 18 heavy (non-hydrogen) atoms. The van der Waals surface area contributed by atoms with Gasteiger partial charge in [-0.2, -0.15) is 0 Å². The Bertz CT molecular complexity index is 439. The summed E-state index contributed by atoms with van der Waals surface area (Å²) < 4.78 is 0. The van der Waals surface area contributed by atoms with E-state index in [1.807, 2.05) is 0 Å². The van der Waals surface area contributed by atoms with Crippen molar-refractivity contribution < 1.29 is 20.2 Å². The van der Waals surface area contributed by atoms with Crippen molar-refractivity contribution in [2.45, 2.75) is 12.2 Å². The van der Waals surface area contributed by atoms with Crippen LogP contribution in [0, 0.1) is 0 Å². The van der Waals surface area contributed by atoms with Gasteiger partial charge in [0.1, 0.15) is 12.3 Å². The molecule has 0 spiro atoms. The van der Waals surface area contributed by atoms with Crippen LogP contribution in [0.4, 0.5) is 5.69 Å². The minimum Gasteiger partial charge on any atom is -0.411 e. The second kappa shape index (κ2) is 6.95. The molecule has 0 aromatic heterocycles. The molecule has 7 heteroatoms. The van der Waals surface area contributed by atoms with Crippen LogP contribution in [-0.2, 0) is 4.79 Å². The number of rotatable bonds is 5. The van der Waals surface area contributed by atoms with Gasteiger partial charge in [-0.1, -0.05) is 23.4 Å². The summed E-state index contributed by atoms with van der Waals surface area (Å²) in [6.07, 6.45) is -1.68. The average Bonchev–Trinajstić information content (AvgIpc) is 2.38. The summed E-state index contributed by atoms with van der Waals surface area (Å²) in [6, 6.07) is 6.39. The topological polar surface area (TPSA) is 102 Å². The van der Waals surface area contributed by atoms with E-state index in [0.717, 1.165) is 0 Å². The van der Waals surface area contributed by atoms with Crippen LogP contribution in [0.5, 0.6) is 0 Å². The Morgan fingerprint density at radius 3 is 2.72 bits per heavy atom. The van der Waals surface area contributed by atoms with Gasteiger partial charge in [0, 0.05) is 11.3 Å². The number of benzene rings is 1. The second-order valence-electron chi connectivity index (χ2n) is 3.49. The summed E-state index contributed by atoms with van der Waals surface area (Å²) in [6.45, 7) is 0. The summed E-state index contributed by atoms with van der Waals surface area (Å²) in [5.74, 6) is -0.792. The highest BCUT2D eigenvalue weighted by molar-refractivity contribution is 6.31. The molecular formula is C11H13ClN2O4. The SMILES string of the molecule is O=C(C=NO)Nc1ccccc1C(O)C(O)CCl.